The van der Waals surface area contributed by atoms with E-state index in [9.17, 15) is 9.90 Å². The van der Waals surface area contributed by atoms with Crippen molar-refractivity contribution >= 4 is 11.7 Å². The number of carboxylic acids is 1. The number of carbonyl (C=O) groups is 1. The van der Waals surface area contributed by atoms with Crippen LogP contribution < -0.4 is 5.32 Å². The number of nitrogens with one attached hydrogen (secondary N) is 1. The predicted octanol–water partition coefficient (Wildman–Crippen LogP) is 3.41. The zero-order valence-corrected chi connectivity index (χ0v) is 12.3. The quantitative estimate of drug-likeness (QED) is 0.886. The summed E-state index contributed by atoms with van der Waals surface area (Å²) in [5.41, 5.74) is 1.41. The zero-order valence-electron chi connectivity index (χ0n) is 12.3. The van der Waals surface area contributed by atoms with E-state index in [0.717, 1.165) is 5.92 Å². The fourth-order valence-electron chi connectivity index (χ4n) is 4.51. The van der Waals surface area contributed by atoms with Gasteiger partial charge in [0.25, 0.3) is 0 Å². The first kappa shape index (κ1) is 13.4. The number of fused-ring (bicyclic) bond motifs is 2. The van der Waals surface area contributed by atoms with Crippen LogP contribution in [-0.2, 0) is 0 Å². The fourth-order valence-corrected chi connectivity index (χ4v) is 4.51. The number of rotatable bonds is 3. The number of hydrogen-bond acceptors (Lipinski definition) is 3. The van der Waals surface area contributed by atoms with Crippen LogP contribution in [0.4, 0.5) is 5.69 Å². The molecule has 2 N–H and O–H groups in total. The van der Waals surface area contributed by atoms with Crippen molar-refractivity contribution in [3.63, 3.8) is 0 Å². The summed E-state index contributed by atoms with van der Waals surface area (Å²) in [7, 11) is 0. The molecule has 0 saturated heterocycles. The normalized spacial score (nSPS) is 34.1. The Morgan fingerprint density at radius 1 is 1.45 bits per heavy atom. The molecule has 2 aliphatic rings. The summed E-state index contributed by atoms with van der Waals surface area (Å²) in [6.45, 7) is 6.93. The van der Waals surface area contributed by atoms with Gasteiger partial charge < -0.3 is 10.4 Å². The molecular weight excluding hydrogens is 252 g/mol. The molecule has 1 heterocycles. The van der Waals surface area contributed by atoms with Gasteiger partial charge in [0.2, 0.25) is 0 Å². The first-order valence-corrected chi connectivity index (χ1v) is 7.28. The van der Waals surface area contributed by atoms with Crippen LogP contribution in [0.5, 0.6) is 0 Å². The van der Waals surface area contributed by atoms with Crippen molar-refractivity contribution in [2.24, 2.45) is 16.7 Å². The number of carboxylic acid groups (broad SMARTS) is 1. The van der Waals surface area contributed by atoms with Gasteiger partial charge in [0.15, 0.2) is 0 Å². The van der Waals surface area contributed by atoms with Crippen molar-refractivity contribution in [2.45, 2.75) is 46.1 Å². The molecule has 1 aromatic heterocycles. The van der Waals surface area contributed by atoms with E-state index < -0.39 is 5.97 Å². The van der Waals surface area contributed by atoms with Gasteiger partial charge in [0.05, 0.1) is 17.4 Å². The first-order chi connectivity index (χ1) is 9.34. The highest BCUT2D eigenvalue weighted by Gasteiger charge is 2.59. The fraction of sp³-hybridized carbons (Fsp3) is 0.625. The summed E-state index contributed by atoms with van der Waals surface area (Å²) in [6, 6.07) is 1.86. The van der Waals surface area contributed by atoms with Crippen LogP contribution in [0.2, 0.25) is 0 Å². The Hall–Kier alpha value is -1.58. The largest absolute Gasteiger partial charge is 0.478 e. The molecule has 2 fully saturated rings. The molecule has 0 aliphatic heterocycles. The number of aromatic nitrogens is 1. The highest BCUT2D eigenvalue weighted by molar-refractivity contribution is 5.93. The van der Waals surface area contributed by atoms with Gasteiger partial charge in [-0.25, -0.2) is 4.79 Å². The SMILES string of the molecule is CC12CCC(C1)C(C)(C)C2Nc1cnccc1C(=O)O. The summed E-state index contributed by atoms with van der Waals surface area (Å²) in [5.74, 6) is -0.170. The van der Waals surface area contributed by atoms with Crippen molar-refractivity contribution in [3.8, 4) is 0 Å². The van der Waals surface area contributed by atoms with Crippen LogP contribution in [0.1, 0.15) is 50.4 Å². The molecular formula is C16H22N2O2. The molecule has 0 radical (unpaired) electrons. The van der Waals surface area contributed by atoms with Gasteiger partial charge in [-0.1, -0.05) is 20.8 Å². The second-order valence-electron chi connectivity index (χ2n) is 7.22. The lowest BCUT2D eigenvalue weighted by Gasteiger charge is -2.43. The lowest BCUT2D eigenvalue weighted by atomic mass is 9.68. The maximum Gasteiger partial charge on any atom is 0.337 e. The Morgan fingerprint density at radius 2 is 2.20 bits per heavy atom. The molecule has 1 aromatic rings. The minimum Gasteiger partial charge on any atom is -0.478 e. The lowest BCUT2D eigenvalue weighted by Crippen LogP contribution is -2.46. The molecule has 3 rings (SSSR count). The van der Waals surface area contributed by atoms with Crippen LogP contribution in [0.3, 0.4) is 0 Å². The Kier molecular flexibility index (Phi) is 2.82. The van der Waals surface area contributed by atoms with Gasteiger partial charge in [-0.3, -0.25) is 4.98 Å². The van der Waals surface area contributed by atoms with Gasteiger partial charge in [-0.15, -0.1) is 0 Å². The molecule has 108 valence electrons. The standard InChI is InChI=1S/C16H22N2O2/c1-15(2)10-4-6-16(3,8-10)14(15)18-12-9-17-7-5-11(12)13(19)20/h5,7,9-10,14,18H,4,6,8H2,1-3H3,(H,19,20). The lowest BCUT2D eigenvalue weighted by molar-refractivity contribution is 0.0697. The molecule has 2 aliphatic carbocycles. The zero-order chi connectivity index (χ0) is 14.5. The number of hydrogen-bond donors (Lipinski definition) is 2. The van der Waals surface area contributed by atoms with E-state index in [0.29, 0.717) is 17.3 Å². The molecule has 0 aromatic carbocycles. The van der Waals surface area contributed by atoms with Gasteiger partial charge in [0, 0.05) is 12.2 Å². The van der Waals surface area contributed by atoms with Gasteiger partial charge in [-0.05, 0) is 42.1 Å². The second-order valence-corrected chi connectivity index (χ2v) is 7.22. The summed E-state index contributed by atoms with van der Waals surface area (Å²) >= 11 is 0. The Labute approximate surface area is 119 Å². The third-order valence-electron chi connectivity index (χ3n) is 5.62. The third-order valence-corrected chi connectivity index (χ3v) is 5.62. The van der Waals surface area contributed by atoms with Crippen molar-refractivity contribution in [3.05, 3.63) is 24.0 Å². The third kappa shape index (κ3) is 1.81. The number of anilines is 1. The molecule has 0 amide bonds. The van der Waals surface area contributed by atoms with E-state index in [1.807, 2.05) is 0 Å². The highest BCUT2D eigenvalue weighted by Crippen LogP contribution is 2.63. The molecule has 4 heteroatoms. The van der Waals surface area contributed by atoms with Crippen LogP contribution in [0, 0.1) is 16.7 Å². The van der Waals surface area contributed by atoms with Crippen molar-refractivity contribution < 1.29 is 9.90 Å². The molecule has 0 spiro atoms. The molecule has 3 atom stereocenters. The molecule has 2 saturated carbocycles. The van der Waals surface area contributed by atoms with Crippen LogP contribution >= 0.6 is 0 Å². The van der Waals surface area contributed by atoms with E-state index in [4.69, 9.17) is 0 Å². The van der Waals surface area contributed by atoms with Gasteiger partial charge in [-0.2, -0.15) is 0 Å². The first-order valence-electron chi connectivity index (χ1n) is 7.28. The van der Waals surface area contributed by atoms with Crippen molar-refractivity contribution in [1.29, 1.82) is 0 Å². The maximum atomic E-state index is 11.3. The Balaban J connectivity index is 1.94. The Bertz CT molecular complexity index is 550. The Morgan fingerprint density at radius 3 is 2.80 bits per heavy atom. The van der Waals surface area contributed by atoms with Gasteiger partial charge >= 0.3 is 5.97 Å². The van der Waals surface area contributed by atoms with E-state index in [-0.39, 0.29) is 10.8 Å². The average Bonchev–Trinajstić information content (AvgIpc) is 2.86. The second kappa shape index (κ2) is 4.21. The predicted molar refractivity (Wildman–Crippen MR) is 77.8 cm³/mol. The van der Waals surface area contributed by atoms with Gasteiger partial charge in [0.1, 0.15) is 0 Å². The number of aromatic carboxylic acids is 1. The molecule has 2 bridgehead atoms. The minimum atomic E-state index is -0.902. The average molecular weight is 274 g/mol. The summed E-state index contributed by atoms with van der Waals surface area (Å²) < 4.78 is 0. The molecule has 3 unspecified atom stereocenters. The van der Waals surface area contributed by atoms with E-state index in [1.165, 1.54) is 25.5 Å². The summed E-state index contributed by atoms with van der Waals surface area (Å²) in [6.07, 6.45) is 6.92. The summed E-state index contributed by atoms with van der Waals surface area (Å²) in [4.78, 5) is 15.4. The van der Waals surface area contributed by atoms with Crippen molar-refractivity contribution in [1.82, 2.24) is 4.98 Å². The number of pyridine rings is 1. The van der Waals surface area contributed by atoms with Crippen molar-refractivity contribution in [2.75, 3.05) is 5.32 Å². The summed E-state index contributed by atoms with van der Waals surface area (Å²) in [5, 5.41) is 12.8. The highest BCUT2D eigenvalue weighted by atomic mass is 16.4. The van der Waals surface area contributed by atoms with Crippen LogP contribution in [-0.4, -0.2) is 22.1 Å². The molecule has 4 nitrogen and oxygen atoms in total. The van der Waals surface area contributed by atoms with Crippen LogP contribution in [0.25, 0.3) is 0 Å². The van der Waals surface area contributed by atoms with E-state index in [2.05, 4.69) is 31.1 Å². The smallest absolute Gasteiger partial charge is 0.337 e. The van der Waals surface area contributed by atoms with E-state index >= 15 is 0 Å². The topological polar surface area (TPSA) is 62.2 Å². The monoisotopic (exact) mass is 274 g/mol. The minimum absolute atomic E-state index is 0.193. The maximum absolute atomic E-state index is 11.3. The molecule has 20 heavy (non-hydrogen) atoms. The van der Waals surface area contributed by atoms with E-state index in [1.54, 1.807) is 12.3 Å². The van der Waals surface area contributed by atoms with Crippen LogP contribution in [0.15, 0.2) is 18.5 Å². The number of nitrogens with zero attached hydrogens (tertiary/aromatic N) is 1.